The first-order valence-electron chi connectivity index (χ1n) is 6.89. The Morgan fingerprint density at radius 2 is 2.00 bits per heavy atom. The molecule has 3 N–H and O–H groups in total. The minimum absolute atomic E-state index is 0.764. The second-order valence-electron chi connectivity index (χ2n) is 4.99. The Balaban J connectivity index is 1.56. The van der Waals surface area contributed by atoms with Gasteiger partial charge in [-0.05, 0) is 12.1 Å². The zero-order valence-electron chi connectivity index (χ0n) is 11.6. The molecule has 2 aromatic rings. The number of nitrogen functional groups attached to an aromatic ring is 1. The van der Waals surface area contributed by atoms with Gasteiger partial charge in [-0.15, -0.1) is 0 Å². The molecular formula is C14H18ClN5S. The molecule has 21 heavy (non-hydrogen) atoms. The molecule has 1 aliphatic heterocycles. The fourth-order valence-corrected chi connectivity index (χ4v) is 3.54. The van der Waals surface area contributed by atoms with Gasteiger partial charge in [-0.25, -0.2) is 10.8 Å². The molecular weight excluding hydrogens is 306 g/mol. The first-order chi connectivity index (χ1) is 10.3. The van der Waals surface area contributed by atoms with Crippen molar-refractivity contribution in [3.63, 3.8) is 0 Å². The lowest BCUT2D eigenvalue weighted by Gasteiger charge is -2.36. The third-order valence-corrected chi connectivity index (χ3v) is 4.85. The molecule has 112 valence electrons. The van der Waals surface area contributed by atoms with E-state index in [1.165, 1.54) is 4.88 Å². The van der Waals surface area contributed by atoms with E-state index in [-0.39, 0.29) is 0 Å². The first kappa shape index (κ1) is 14.6. The summed E-state index contributed by atoms with van der Waals surface area (Å²) >= 11 is 7.86. The molecule has 0 radical (unpaired) electrons. The highest BCUT2D eigenvalue weighted by Crippen LogP contribution is 2.26. The summed E-state index contributed by atoms with van der Waals surface area (Å²) in [5.41, 5.74) is 3.72. The third-order valence-electron chi connectivity index (χ3n) is 3.62. The second kappa shape index (κ2) is 6.62. The summed E-state index contributed by atoms with van der Waals surface area (Å²) in [5.74, 6) is 5.36. The van der Waals surface area contributed by atoms with Gasteiger partial charge in [-0.2, -0.15) is 0 Å². The molecule has 2 heterocycles. The van der Waals surface area contributed by atoms with Gasteiger partial charge >= 0.3 is 0 Å². The number of nitrogens with one attached hydrogen (secondary N) is 1. The number of hydrazine groups is 1. The summed E-state index contributed by atoms with van der Waals surface area (Å²) in [4.78, 5) is 10.2. The van der Waals surface area contributed by atoms with Crippen molar-refractivity contribution in [2.24, 2.45) is 5.84 Å². The molecule has 1 aromatic carbocycles. The molecule has 3 rings (SSSR count). The van der Waals surface area contributed by atoms with E-state index in [2.05, 4.69) is 26.3 Å². The van der Waals surface area contributed by atoms with Gasteiger partial charge in [-0.1, -0.05) is 35.1 Å². The Hall–Kier alpha value is -1.34. The van der Waals surface area contributed by atoms with E-state index < -0.39 is 0 Å². The maximum absolute atomic E-state index is 6.26. The number of piperazine rings is 1. The summed E-state index contributed by atoms with van der Waals surface area (Å²) in [6.45, 7) is 4.95. The lowest BCUT2D eigenvalue weighted by Crippen LogP contribution is -2.45. The molecule has 7 heteroatoms. The molecule has 1 aliphatic rings. The van der Waals surface area contributed by atoms with Crippen LogP contribution in [0.4, 0.5) is 10.8 Å². The molecule has 1 fully saturated rings. The van der Waals surface area contributed by atoms with E-state index >= 15 is 0 Å². The number of aromatic nitrogens is 1. The molecule has 0 amide bonds. The van der Waals surface area contributed by atoms with Crippen LogP contribution in [-0.4, -0.2) is 36.1 Å². The Morgan fingerprint density at radius 3 is 2.67 bits per heavy atom. The monoisotopic (exact) mass is 323 g/mol. The van der Waals surface area contributed by atoms with Gasteiger partial charge in [0.1, 0.15) is 0 Å². The Bertz CT molecular complexity index is 595. The molecule has 5 nitrogen and oxygen atoms in total. The lowest BCUT2D eigenvalue weighted by atomic mass is 10.2. The minimum Gasteiger partial charge on any atom is -0.368 e. The van der Waals surface area contributed by atoms with Gasteiger partial charge in [0.2, 0.25) is 0 Å². The second-order valence-corrected chi connectivity index (χ2v) is 6.51. The fraction of sp³-hybridized carbons (Fsp3) is 0.357. The van der Waals surface area contributed by atoms with Crippen LogP contribution in [0.3, 0.4) is 0 Å². The number of anilines is 2. The summed E-state index contributed by atoms with van der Waals surface area (Å²) < 4.78 is 0. The SMILES string of the molecule is NNc1ncc(CN2CCN(c3ccccc3Cl)CC2)s1. The number of halogens is 1. The van der Waals surface area contributed by atoms with E-state index in [9.17, 15) is 0 Å². The lowest BCUT2D eigenvalue weighted by molar-refractivity contribution is 0.252. The van der Waals surface area contributed by atoms with Crippen molar-refractivity contribution in [2.45, 2.75) is 6.54 Å². The fourth-order valence-electron chi connectivity index (χ4n) is 2.52. The van der Waals surface area contributed by atoms with E-state index in [4.69, 9.17) is 17.4 Å². The van der Waals surface area contributed by atoms with Gasteiger partial charge < -0.3 is 4.90 Å². The highest BCUT2D eigenvalue weighted by molar-refractivity contribution is 7.15. The zero-order chi connectivity index (χ0) is 14.7. The van der Waals surface area contributed by atoms with Gasteiger partial charge in [0.15, 0.2) is 5.13 Å². The molecule has 0 unspecified atom stereocenters. The maximum atomic E-state index is 6.26. The highest BCUT2D eigenvalue weighted by atomic mass is 35.5. The molecule has 1 aromatic heterocycles. The average molecular weight is 324 g/mol. The van der Waals surface area contributed by atoms with Crippen molar-refractivity contribution in [2.75, 3.05) is 36.5 Å². The number of rotatable bonds is 4. The van der Waals surface area contributed by atoms with E-state index in [0.717, 1.165) is 48.6 Å². The smallest absolute Gasteiger partial charge is 0.197 e. The molecule has 0 saturated carbocycles. The van der Waals surface area contributed by atoms with Crippen LogP contribution in [0, 0.1) is 0 Å². The number of thiazole rings is 1. The predicted molar refractivity (Wildman–Crippen MR) is 88.9 cm³/mol. The highest BCUT2D eigenvalue weighted by Gasteiger charge is 2.19. The van der Waals surface area contributed by atoms with Gasteiger partial charge in [0.05, 0.1) is 10.7 Å². The van der Waals surface area contributed by atoms with Crippen LogP contribution in [0.15, 0.2) is 30.5 Å². The minimum atomic E-state index is 0.764. The zero-order valence-corrected chi connectivity index (χ0v) is 13.2. The van der Waals surface area contributed by atoms with Crippen molar-refractivity contribution in [1.29, 1.82) is 0 Å². The summed E-state index contributed by atoms with van der Waals surface area (Å²) in [6, 6.07) is 8.03. The number of nitrogens with two attached hydrogens (primary N) is 1. The molecule has 0 bridgehead atoms. The van der Waals surface area contributed by atoms with Gasteiger partial charge in [0.25, 0.3) is 0 Å². The van der Waals surface area contributed by atoms with Crippen molar-refractivity contribution in [3.05, 3.63) is 40.4 Å². The first-order valence-corrected chi connectivity index (χ1v) is 8.09. The van der Waals surface area contributed by atoms with Crippen molar-refractivity contribution >= 4 is 33.8 Å². The van der Waals surface area contributed by atoms with Crippen molar-refractivity contribution in [1.82, 2.24) is 9.88 Å². The number of benzene rings is 1. The standard InChI is InChI=1S/C14H18ClN5S/c15-12-3-1-2-4-13(12)20-7-5-19(6-8-20)10-11-9-17-14(18-16)21-11/h1-4,9H,5-8,10,16H2,(H,17,18). The van der Waals surface area contributed by atoms with E-state index in [1.807, 2.05) is 24.4 Å². The molecule has 0 spiro atoms. The van der Waals surface area contributed by atoms with Crippen LogP contribution in [0.2, 0.25) is 5.02 Å². The van der Waals surface area contributed by atoms with E-state index in [1.54, 1.807) is 11.3 Å². The van der Waals surface area contributed by atoms with Crippen LogP contribution >= 0.6 is 22.9 Å². The molecule has 1 saturated heterocycles. The summed E-state index contributed by atoms with van der Waals surface area (Å²) in [5, 5.41) is 1.59. The maximum Gasteiger partial charge on any atom is 0.197 e. The largest absolute Gasteiger partial charge is 0.368 e. The summed E-state index contributed by atoms with van der Waals surface area (Å²) in [7, 11) is 0. The normalized spacial score (nSPS) is 16.2. The Kier molecular flexibility index (Phi) is 4.60. The number of nitrogens with zero attached hydrogens (tertiary/aromatic N) is 3. The van der Waals surface area contributed by atoms with Crippen LogP contribution in [0.1, 0.15) is 4.88 Å². The van der Waals surface area contributed by atoms with Crippen LogP contribution in [0.5, 0.6) is 0 Å². The van der Waals surface area contributed by atoms with Gasteiger partial charge in [0, 0.05) is 43.8 Å². The summed E-state index contributed by atoms with van der Waals surface area (Å²) in [6.07, 6.45) is 1.89. The third kappa shape index (κ3) is 3.47. The van der Waals surface area contributed by atoms with E-state index in [0.29, 0.717) is 0 Å². The topological polar surface area (TPSA) is 57.4 Å². The van der Waals surface area contributed by atoms with Gasteiger partial charge in [-0.3, -0.25) is 10.3 Å². The van der Waals surface area contributed by atoms with Crippen LogP contribution < -0.4 is 16.2 Å². The molecule has 0 aliphatic carbocycles. The van der Waals surface area contributed by atoms with Crippen LogP contribution in [-0.2, 0) is 6.54 Å². The Morgan fingerprint density at radius 1 is 1.24 bits per heavy atom. The Labute approximate surface area is 133 Å². The van der Waals surface area contributed by atoms with Crippen molar-refractivity contribution in [3.8, 4) is 0 Å². The van der Waals surface area contributed by atoms with Crippen LogP contribution in [0.25, 0.3) is 0 Å². The number of hydrogen-bond acceptors (Lipinski definition) is 6. The average Bonchev–Trinajstić information content (AvgIpc) is 2.96. The predicted octanol–water partition coefficient (Wildman–Crippen LogP) is 2.40. The van der Waals surface area contributed by atoms with Crippen molar-refractivity contribution < 1.29 is 0 Å². The number of hydrogen-bond donors (Lipinski definition) is 2. The quantitative estimate of drug-likeness (QED) is 0.668. The number of para-hydroxylation sites is 1. The molecule has 0 atom stereocenters.